The minimum Gasteiger partial charge on any atom is -0.369 e. The van der Waals surface area contributed by atoms with E-state index in [1.54, 1.807) is 24.3 Å². The third kappa shape index (κ3) is 2.93. The zero-order valence-corrected chi connectivity index (χ0v) is 14.8. The smallest absolute Gasteiger partial charge is 0.369 e. The molecule has 0 saturated heterocycles. The monoisotopic (exact) mass is 397 g/mol. The van der Waals surface area contributed by atoms with Crippen molar-refractivity contribution in [1.82, 2.24) is 9.78 Å². The molecule has 0 radical (unpaired) electrons. The van der Waals surface area contributed by atoms with Crippen molar-refractivity contribution in [3.8, 4) is 16.9 Å². The molecule has 0 atom stereocenters. The summed E-state index contributed by atoms with van der Waals surface area (Å²) in [6.07, 6.45) is -3.68. The van der Waals surface area contributed by atoms with Gasteiger partial charge in [0.15, 0.2) is 0 Å². The van der Waals surface area contributed by atoms with Crippen molar-refractivity contribution in [2.24, 2.45) is 0 Å². The lowest BCUT2D eigenvalue weighted by Gasteiger charge is -2.10. The fraction of sp³-hybridized carbons (Fsp3) is 0.167. The standard InChI is InChI=1S/C18H12Cl2F3N3/c19-14-5-4-10(8-15(14)20)16-13-6-7-24-17(13)26(25-16)12-3-1-2-11(9-12)18(21,22)23/h1-5,8-9,24H,6-7H2. The first-order valence-electron chi connectivity index (χ1n) is 7.83. The molecule has 8 heteroatoms. The summed E-state index contributed by atoms with van der Waals surface area (Å²) in [4.78, 5) is 0. The normalized spacial score (nSPS) is 13.6. The molecule has 1 aliphatic heterocycles. The van der Waals surface area contributed by atoms with Crippen LogP contribution < -0.4 is 5.32 Å². The van der Waals surface area contributed by atoms with Gasteiger partial charge in [0.05, 0.1) is 27.0 Å². The van der Waals surface area contributed by atoms with Crippen LogP contribution in [0.3, 0.4) is 0 Å². The lowest BCUT2D eigenvalue weighted by molar-refractivity contribution is -0.137. The molecule has 0 saturated carbocycles. The van der Waals surface area contributed by atoms with Gasteiger partial charge in [-0.1, -0.05) is 35.3 Å². The van der Waals surface area contributed by atoms with E-state index in [0.29, 0.717) is 33.8 Å². The number of aromatic nitrogens is 2. The van der Waals surface area contributed by atoms with Gasteiger partial charge in [0.1, 0.15) is 5.82 Å². The van der Waals surface area contributed by atoms with E-state index in [4.69, 9.17) is 23.2 Å². The lowest BCUT2D eigenvalue weighted by Crippen LogP contribution is -2.08. The number of hydrogen-bond donors (Lipinski definition) is 1. The van der Waals surface area contributed by atoms with Crippen LogP contribution in [0.2, 0.25) is 10.0 Å². The second kappa shape index (κ2) is 6.21. The minimum atomic E-state index is -4.41. The SMILES string of the molecule is FC(F)(F)c1cccc(-n2nc(-c3ccc(Cl)c(Cl)c3)c3c2NCC3)c1. The summed E-state index contributed by atoms with van der Waals surface area (Å²) in [7, 11) is 0. The number of rotatable bonds is 2. The summed E-state index contributed by atoms with van der Waals surface area (Å²) in [5.41, 5.74) is 2.02. The largest absolute Gasteiger partial charge is 0.416 e. The number of alkyl halides is 3. The van der Waals surface area contributed by atoms with E-state index in [0.717, 1.165) is 29.7 Å². The van der Waals surface area contributed by atoms with Crippen molar-refractivity contribution in [2.75, 3.05) is 11.9 Å². The Morgan fingerprint density at radius 1 is 1.04 bits per heavy atom. The molecule has 0 unspecified atom stereocenters. The predicted octanol–water partition coefficient (Wildman–Crippen LogP) is 5.83. The first kappa shape index (κ1) is 17.2. The topological polar surface area (TPSA) is 29.9 Å². The van der Waals surface area contributed by atoms with E-state index in [2.05, 4.69) is 10.4 Å². The van der Waals surface area contributed by atoms with Gasteiger partial charge in [-0.05, 0) is 36.8 Å². The molecule has 1 aliphatic rings. The molecule has 2 heterocycles. The predicted molar refractivity (Wildman–Crippen MR) is 96.2 cm³/mol. The van der Waals surface area contributed by atoms with Gasteiger partial charge in [-0.3, -0.25) is 0 Å². The molecule has 0 fully saturated rings. The van der Waals surface area contributed by atoms with Crippen molar-refractivity contribution < 1.29 is 13.2 Å². The van der Waals surface area contributed by atoms with Gasteiger partial charge in [0.2, 0.25) is 0 Å². The Balaban J connectivity index is 1.86. The second-order valence-corrected chi connectivity index (χ2v) is 6.76. The average molecular weight is 398 g/mol. The van der Waals surface area contributed by atoms with Crippen LogP contribution in [0, 0.1) is 0 Å². The van der Waals surface area contributed by atoms with Crippen molar-refractivity contribution in [2.45, 2.75) is 12.6 Å². The highest BCUT2D eigenvalue weighted by atomic mass is 35.5. The molecule has 1 N–H and O–H groups in total. The molecule has 0 aliphatic carbocycles. The Morgan fingerprint density at radius 3 is 2.58 bits per heavy atom. The first-order chi connectivity index (χ1) is 12.3. The number of nitrogens with one attached hydrogen (secondary N) is 1. The highest BCUT2D eigenvalue weighted by Gasteiger charge is 2.31. The van der Waals surface area contributed by atoms with E-state index in [1.165, 1.54) is 10.7 Å². The summed E-state index contributed by atoms with van der Waals surface area (Å²) < 4.78 is 40.6. The Bertz CT molecular complexity index is 996. The van der Waals surface area contributed by atoms with Crippen molar-refractivity contribution in [3.05, 3.63) is 63.6 Å². The van der Waals surface area contributed by atoms with E-state index in [-0.39, 0.29) is 0 Å². The maximum Gasteiger partial charge on any atom is 0.416 e. The summed E-state index contributed by atoms with van der Waals surface area (Å²) in [5.74, 6) is 0.699. The highest BCUT2D eigenvalue weighted by Crippen LogP contribution is 2.37. The van der Waals surface area contributed by atoms with Crippen LogP contribution in [-0.4, -0.2) is 16.3 Å². The van der Waals surface area contributed by atoms with E-state index < -0.39 is 11.7 Å². The van der Waals surface area contributed by atoms with Crippen LogP contribution in [0.5, 0.6) is 0 Å². The molecule has 1 aromatic heterocycles. The Labute approximate surface area is 157 Å². The zero-order chi connectivity index (χ0) is 18.5. The molecule has 3 aromatic rings. The molecule has 2 aromatic carbocycles. The van der Waals surface area contributed by atoms with E-state index >= 15 is 0 Å². The Hall–Kier alpha value is -2.18. The molecular formula is C18H12Cl2F3N3. The number of anilines is 1. The van der Waals surface area contributed by atoms with Crippen molar-refractivity contribution in [3.63, 3.8) is 0 Å². The van der Waals surface area contributed by atoms with Crippen LogP contribution in [0.1, 0.15) is 11.1 Å². The third-order valence-corrected chi connectivity index (χ3v) is 5.00. The summed E-state index contributed by atoms with van der Waals surface area (Å²) in [6.45, 7) is 0.695. The molecular weight excluding hydrogens is 386 g/mol. The van der Waals surface area contributed by atoms with Gasteiger partial charge < -0.3 is 5.32 Å². The number of halogens is 5. The van der Waals surface area contributed by atoms with Gasteiger partial charge >= 0.3 is 6.18 Å². The van der Waals surface area contributed by atoms with E-state index in [9.17, 15) is 13.2 Å². The fourth-order valence-corrected chi connectivity index (χ4v) is 3.35. The number of hydrogen-bond acceptors (Lipinski definition) is 2. The van der Waals surface area contributed by atoms with Crippen LogP contribution in [0.25, 0.3) is 16.9 Å². The van der Waals surface area contributed by atoms with Crippen LogP contribution in [-0.2, 0) is 12.6 Å². The zero-order valence-electron chi connectivity index (χ0n) is 13.2. The molecule has 0 amide bonds. The quantitative estimate of drug-likeness (QED) is 0.589. The molecule has 0 spiro atoms. The maximum absolute atomic E-state index is 13.0. The van der Waals surface area contributed by atoms with Crippen LogP contribution in [0.4, 0.5) is 19.0 Å². The highest BCUT2D eigenvalue weighted by molar-refractivity contribution is 6.42. The Morgan fingerprint density at radius 2 is 1.85 bits per heavy atom. The first-order valence-corrected chi connectivity index (χ1v) is 8.59. The van der Waals surface area contributed by atoms with Crippen LogP contribution >= 0.6 is 23.2 Å². The van der Waals surface area contributed by atoms with Crippen molar-refractivity contribution >= 4 is 29.0 Å². The molecule has 134 valence electrons. The minimum absolute atomic E-state index is 0.344. The fourth-order valence-electron chi connectivity index (χ4n) is 3.05. The van der Waals surface area contributed by atoms with Gasteiger partial charge in [0.25, 0.3) is 0 Å². The van der Waals surface area contributed by atoms with Gasteiger partial charge in [-0.25, -0.2) is 4.68 Å². The number of fused-ring (bicyclic) bond motifs is 1. The molecule has 4 rings (SSSR count). The summed E-state index contributed by atoms with van der Waals surface area (Å²) >= 11 is 12.1. The maximum atomic E-state index is 13.0. The average Bonchev–Trinajstić information content (AvgIpc) is 3.19. The second-order valence-electron chi connectivity index (χ2n) is 5.94. The third-order valence-electron chi connectivity index (χ3n) is 4.26. The number of nitrogens with zero attached hydrogens (tertiary/aromatic N) is 2. The summed E-state index contributed by atoms with van der Waals surface area (Å²) in [5, 5.41) is 8.59. The van der Waals surface area contributed by atoms with Gasteiger partial charge in [-0.15, -0.1) is 0 Å². The number of benzene rings is 2. The van der Waals surface area contributed by atoms with Crippen molar-refractivity contribution in [1.29, 1.82) is 0 Å². The molecule has 3 nitrogen and oxygen atoms in total. The molecule has 0 bridgehead atoms. The van der Waals surface area contributed by atoms with Gasteiger partial charge in [-0.2, -0.15) is 18.3 Å². The lowest BCUT2D eigenvalue weighted by atomic mass is 10.1. The summed E-state index contributed by atoms with van der Waals surface area (Å²) in [6, 6.07) is 10.3. The Kier molecular flexibility index (Phi) is 4.12. The van der Waals surface area contributed by atoms with Crippen LogP contribution in [0.15, 0.2) is 42.5 Å². The molecule has 26 heavy (non-hydrogen) atoms. The van der Waals surface area contributed by atoms with E-state index in [1.807, 2.05) is 0 Å². The van der Waals surface area contributed by atoms with Gasteiger partial charge in [0, 0.05) is 17.7 Å².